The van der Waals surface area contributed by atoms with Crippen molar-refractivity contribution in [2.45, 2.75) is 26.8 Å². The summed E-state index contributed by atoms with van der Waals surface area (Å²) in [5.74, 6) is -1.02. The van der Waals surface area contributed by atoms with E-state index in [9.17, 15) is 14.7 Å². The summed E-state index contributed by atoms with van der Waals surface area (Å²) in [6.07, 6.45) is 0. The SMILES string of the molecule is Cc1ccc(C)c2c(C)c(C(=O)N3CCN(C)[C@@H](C(=O)O)C3)[nH]c12. The minimum atomic E-state index is -0.893. The van der Waals surface area contributed by atoms with Crippen LogP contribution >= 0.6 is 0 Å². The molecule has 1 atom stereocenters. The number of aliphatic carboxylic acids is 1. The Hall–Kier alpha value is -2.34. The highest BCUT2D eigenvalue weighted by molar-refractivity contribution is 6.02. The topological polar surface area (TPSA) is 76.6 Å². The van der Waals surface area contributed by atoms with Gasteiger partial charge in [-0.25, -0.2) is 0 Å². The second-order valence-corrected chi connectivity index (χ2v) is 6.66. The van der Waals surface area contributed by atoms with Crippen LogP contribution in [0, 0.1) is 20.8 Å². The Bertz CT molecular complexity index is 825. The van der Waals surface area contributed by atoms with Gasteiger partial charge < -0.3 is 15.0 Å². The quantitative estimate of drug-likeness (QED) is 0.883. The van der Waals surface area contributed by atoms with Crippen LogP contribution < -0.4 is 0 Å². The largest absolute Gasteiger partial charge is 0.480 e. The highest BCUT2D eigenvalue weighted by atomic mass is 16.4. The lowest BCUT2D eigenvalue weighted by Gasteiger charge is -2.37. The first-order chi connectivity index (χ1) is 11.3. The Morgan fingerprint density at radius 1 is 1.17 bits per heavy atom. The van der Waals surface area contributed by atoms with Crippen LogP contribution in [0.5, 0.6) is 0 Å². The molecule has 1 aliphatic rings. The number of carbonyl (C=O) groups excluding carboxylic acids is 1. The summed E-state index contributed by atoms with van der Waals surface area (Å²) < 4.78 is 0. The van der Waals surface area contributed by atoms with E-state index in [0.29, 0.717) is 18.8 Å². The normalized spacial score (nSPS) is 19.0. The lowest BCUT2D eigenvalue weighted by molar-refractivity contribution is -0.144. The molecule has 1 fully saturated rings. The van der Waals surface area contributed by atoms with Crippen LogP contribution in [0.2, 0.25) is 0 Å². The number of nitrogens with zero attached hydrogens (tertiary/aromatic N) is 2. The van der Waals surface area contributed by atoms with Gasteiger partial charge in [-0.1, -0.05) is 12.1 Å². The number of rotatable bonds is 2. The molecule has 128 valence electrons. The highest BCUT2D eigenvalue weighted by Crippen LogP contribution is 2.28. The van der Waals surface area contributed by atoms with E-state index in [4.69, 9.17) is 0 Å². The van der Waals surface area contributed by atoms with Gasteiger partial charge in [0.25, 0.3) is 5.91 Å². The summed E-state index contributed by atoms with van der Waals surface area (Å²) >= 11 is 0. The van der Waals surface area contributed by atoms with E-state index in [2.05, 4.69) is 11.1 Å². The minimum Gasteiger partial charge on any atom is -0.480 e. The number of carbonyl (C=O) groups is 2. The average molecular weight is 329 g/mol. The van der Waals surface area contributed by atoms with Crippen LogP contribution in [0.1, 0.15) is 27.2 Å². The predicted octanol–water partition coefficient (Wildman–Crippen LogP) is 1.93. The van der Waals surface area contributed by atoms with Crippen LogP contribution in [0.3, 0.4) is 0 Å². The highest BCUT2D eigenvalue weighted by Gasteiger charge is 2.33. The van der Waals surface area contributed by atoms with Gasteiger partial charge in [0.05, 0.1) is 0 Å². The summed E-state index contributed by atoms with van der Waals surface area (Å²) in [6.45, 7) is 7.29. The molecule has 1 amide bonds. The monoisotopic (exact) mass is 329 g/mol. The zero-order chi connectivity index (χ0) is 17.6. The van der Waals surface area contributed by atoms with Crippen LogP contribution in [-0.4, -0.2) is 64.5 Å². The maximum absolute atomic E-state index is 13.0. The molecule has 6 heteroatoms. The number of hydrogen-bond acceptors (Lipinski definition) is 3. The second-order valence-electron chi connectivity index (χ2n) is 6.66. The summed E-state index contributed by atoms with van der Waals surface area (Å²) in [7, 11) is 1.78. The van der Waals surface area contributed by atoms with E-state index in [0.717, 1.165) is 27.6 Å². The number of piperazine rings is 1. The fourth-order valence-electron chi connectivity index (χ4n) is 3.50. The molecule has 0 bridgehead atoms. The maximum Gasteiger partial charge on any atom is 0.322 e. The van der Waals surface area contributed by atoms with Crippen molar-refractivity contribution >= 4 is 22.8 Å². The summed E-state index contributed by atoms with van der Waals surface area (Å²) in [5.41, 5.74) is 4.71. The molecule has 1 aromatic heterocycles. The number of benzene rings is 1. The van der Waals surface area contributed by atoms with Crippen molar-refractivity contribution in [3.8, 4) is 0 Å². The van der Waals surface area contributed by atoms with E-state index in [1.165, 1.54) is 0 Å². The van der Waals surface area contributed by atoms with Crippen LogP contribution in [0.4, 0.5) is 0 Å². The molecule has 6 nitrogen and oxygen atoms in total. The first-order valence-corrected chi connectivity index (χ1v) is 8.12. The van der Waals surface area contributed by atoms with Crippen molar-refractivity contribution in [2.75, 3.05) is 26.7 Å². The molecule has 1 aromatic carbocycles. The molecule has 2 heterocycles. The molecule has 1 aliphatic heterocycles. The van der Waals surface area contributed by atoms with Crippen LogP contribution in [-0.2, 0) is 4.79 Å². The van der Waals surface area contributed by atoms with Crippen molar-refractivity contribution in [3.63, 3.8) is 0 Å². The van der Waals surface area contributed by atoms with Gasteiger partial charge in [0, 0.05) is 30.5 Å². The standard InChI is InChI=1S/C18H23N3O3/c1-10-5-6-11(2)15-14(10)12(3)16(19-15)17(22)21-8-7-20(4)13(9-21)18(23)24/h5-6,13,19H,7-9H2,1-4H3,(H,23,24)/t13-/m1/s1. The Morgan fingerprint density at radius 3 is 2.46 bits per heavy atom. The molecule has 0 aliphatic carbocycles. The summed E-state index contributed by atoms with van der Waals surface area (Å²) in [6, 6.07) is 3.44. The van der Waals surface area contributed by atoms with Gasteiger partial charge in [0.2, 0.25) is 0 Å². The average Bonchev–Trinajstić information content (AvgIpc) is 2.89. The third-order valence-electron chi connectivity index (χ3n) is 5.06. The lowest BCUT2D eigenvalue weighted by Crippen LogP contribution is -2.56. The van der Waals surface area contributed by atoms with E-state index in [-0.39, 0.29) is 12.5 Å². The number of H-pyrrole nitrogens is 1. The molecule has 3 rings (SSSR count). The molecular weight excluding hydrogens is 306 g/mol. The van der Waals surface area contributed by atoms with Gasteiger partial charge in [-0.15, -0.1) is 0 Å². The van der Waals surface area contributed by atoms with Crippen molar-refractivity contribution in [1.29, 1.82) is 0 Å². The van der Waals surface area contributed by atoms with Crippen LogP contribution in [0.15, 0.2) is 12.1 Å². The Morgan fingerprint density at radius 2 is 1.83 bits per heavy atom. The number of aromatic amines is 1. The number of carboxylic acid groups (broad SMARTS) is 1. The van der Waals surface area contributed by atoms with Crippen molar-refractivity contribution in [1.82, 2.24) is 14.8 Å². The van der Waals surface area contributed by atoms with Gasteiger partial charge >= 0.3 is 5.97 Å². The van der Waals surface area contributed by atoms with Crippen molar-refractivity contribution in [3.05, 3.63) is 34.5 Å². The van der Waals surface area contributed by atoms with E-state index >= 15 is 0 Å². The van der Waals surface area contributed by atoms with Gasteiger partial charge in [0.15, 0.2) is 0 Å². The Kier molecular flexibility index (Phi) is 4.09. The first-order valence-electron chi connectivity index (χ1n) is 8.12. The van der Waals surface area contributed by atoms with Gasteiger partial charge in [-0.05, 0) is 44.5 Å². The molecule has 0 saturated carbocycles. The van der Waals surface area contributed by atoms with Gasteiger partial charge in [0.1, 0.15) is 11.7 Å². The number of amides is 1. The molecule has 24 heavy (non-hydrogen) atoms. The molecule has 2 N–H and O–H groups in total. The summed E-state index contributed by atoms with van der Waals surface area (Å²) in [5, 5.41) is 10.4. The smallest absolute Gasteiger partial charge is 0.322 e. The van der Waals surface area contributed by atoms with Crippen LogP contribution in [0.25, 0.3) is 10.9 Å². The molecule has 0 spiro atoms. The fourth-order valence-corrected chi connectivity index (χ4v) is 3.50. The lowest BCUT2D eigenvalue weighted by atomic mass is 10.0. The molecule has 2 aromatic rings. The number of likely N-dealkylation sites (N-methyl/N-ethyl adjacent to an activating group) is 1. The van der Waals surface area contributed by atoms with E-state index in [1.54, 1.807) is 16.8 Å². The van der Waals surface area contributed by atoms with Crippen molar-refractivity contribution < 1.29 is 14.7 Å². The molecule has 0 radical (unpaired) electrons. The minimum absolute atomic E-state index is 0.123. The number of hydrogen-bond donors (Lipinski definition) is 2. The first kappa shape index (κ1) is 16.5. The van der Waals surface area contributed by atoms with Crippen molar-refractivity contribution in [2.24, 2.45) is 0 Å². The fraction of sp³-hybridized carbons (Fsp3) is 0.444. The number of aromatic nitrogens is 1. The van der Waals surface area contributed by atoms with E-state index in [1.807, 2.05) is 26.8 Å². The molecular formula is C18H23N3O3. The molecule has 0 unspecified atom stereocenters. The number of aryl methyl sites for hydroxylation is 3. The number of fused-ring (bicyclic) bond motifs is 1. The number of carboxylic acids is 1. The Balaban J connectivity index is 1.97. The third kappa shape index (κ3) is 2.57. The zero-order valence-electron chi connectivity index (χ0n) is 14.5. The second kappa shape index (κ2) is 5.94. The predicted molar refractivity (Wildman–Crippen MR) is 92.5 cm³/mol. The Labute approximate surface area is 141 Å². The van der Waals surface area contributed by atoms with E-state index < -0.39 is 12.0 Å². The summed E-state index contributed by atoms with van der Waals surface area (Å²) in [4.78, 5) is 31.0. The van der Waals surface area contributed by atoms with Gasteiger partial charge in [-0.2, -0.15) is 0 Å². The third-order valence-corrected chi connectivity index (χ3v) is 5.06. The zero-order valence-corrected chi connectivity index (χ0v) is 14.5. The molecule has 1 saturated heterocycles. The van der Waals surface area contributed by atoms with Gasteiger partial charge in [-0.3, -0.25) is 14.5 Å². The maximum atomic E-state index is 13.0. The number of nitrogens with one attached hydrogen (secondary N) is 1.